The van der Waals surface area contributed by atoms with E-state index in [2.05, 4.69) is 18.9 Å². The zero-order valence-corrected chi connectivity index (χ0v) is 10.1. The second-order valence-corrected chi connectivity index (χ2v) is 4.84. The van der Waals surface area contributed by atoms with E-state index in [1.807, 2.05) is 11.9 Å². The molecule has 1 aliphatic heterocycles. The van der Waals surface area contributed by atoms with E-state index in [4.69, 9.17) is 5.73 Å². The third-order valence-electron chi connectivity index (χ3n) is 2.59. The van der Waals surface area contributed by atoms with Crippen molar-refractivity contribution < 1.29 is 4.79 Å². The Morgan fingerprint density at radius 2 is 2.07 bits per heavy atom. The van der Waals surface area contributed by atoms with Gasteiger partial charge in [-0.1, -0.05) is 13.8 Å². The Bertz CT molecular complexity index is 216. The molecule has 1 unspecified atom stereocenters. The van der Waals surface area contributed by atoms with E-state index >= 15 is 0 Å². The fourth-order valence-electron chi connectivity index (χ4n) is 1.84. The number of hydrazine groups is 1. The van der Waals surface area contributed by atoms with Crippen molar-refractivity contribution in [2.24, 2.45) is 11.7 Å². The van der Waals surface area contributed by atoms with Gasteiger partial charge in [-0.3, -0.25) is 9.80 Å². The zero-order valence-electron chi connectivity index (χ0n) is 10.1. The van der Waals surface area contributed by atoms with E-state index in [-0.39, 0.29) is 11.9 Å². The molecule has 0 aromatic heterocycles. The van der Waals surface area contributed by atoms with Gasteiger partial charge in [0.25, 0.3) is 0 Å². The highest BCUT2D eigenvalue weighted by Crippen LogP contribution is 2.14. The minimum atomic E-state index is 0.166. The van der Waals surface area contributed by atoms with Crippen LogP contribution < -0.4 is 5.73 Å². The number of nitrogens with two attached hydrogens (primary N) is 1. The summed E-state index contributed by atoms with van der Waals surface area (Å²) in [5.41, 5.74) is 5.71. The molecular weight excluding hydrogens is 190 g/mol. The molecule has 4 heteroatoms. The summed E-state index contributed by atoms with van der Waals surface area (Å²) in [6, 6.07) is 0.166. The normalized spacial score (nSPS) is 20.3. The minimum absolute atomic E-state index is 0.166. The van der Waals surface area contributed by atoms with Crippen molar-refractivity contribution in [1.29, 1.82) is 0 Å². The lowest BCUT2D eigenvalue weighted by atomic mass is 10.2. The van der Waals surface area contributed by atoms with Gasteiger partial charge in [0.2, 0.25) is 5.91 Å². The number of carbonyl (C=O) groups excluding carboxylic acids is 1. The fraction of sp³-hybridized carbons (Fsp3) is 0.909. The molecule has 2 N–H and O–H groups in total. The standard InChI is InChI=1S/C11H23N3O/c1-9(2)8-13-6-5-11(15)14(13)7-4-10(3)12/h9-10H,4-8,12H2,1-3H3. The van der Waals surface area contributed by atoms with Crippen LogP contribution in [0.1, 0.15) is 33.6 Å². The average molecular weight is 213 g/mol. The van der Waals surface area contributed by atoms with Crippen LogP contribution in [-0.2, 0) is 4.79 Å². The van der Waals surface area contributed by atoms with Gasteiger partial charge < -0.3 is 5.73 Å². The number of nitrogens with zero attached hydrogens (tertiary/aromatic N) is 2. The molecule has 0 saturated carbocycles. The first-order valence-electron chi connectivity index (χ1n) is 5.81. The van der Waals surface area contributed by atoms with Crippen molar-refractivity contribution in [1.82, 2.24) is 10.0 Å². The highest BCUT2D eigenvalue weighted by molar-refractivity contribution is 5.77. The van der Waals surface area contributed by atoms with Crippen LogP contribution in [0.2, 0.25) is 0 Å². The molecule has 1 atom stereocenters. The highest BCUT2D eigenvalue weighted by Gasteiger charge is 2.28. The van der Waals surface area contributed by atoms with Gasteiger partial charge in [0.05, 0.1) is 0 Å². The molecule has 0 aromatic carbocycles. The second kappa shape index (κ2) is 5.47. The summed E-state index contributed by atoms with van der Waals surface area (Å²) < 4.78 is 0. The van der Waals surface area contributed by atoms with Gasteiger partial charge in [-0.2, -0.15) is 0 Å². The monoisotopic (exact) mass is 213 g/mol. The van der Waals surface area contributed by atoms with Crippen molar-refractivity contribution in [3.8, 4) is 0 Å². The van der Waals surface area contributed by atoms with Gasteiger partial charge >= 0.3 is 0 Å². The molecule has 0 spiro atoms. The topological polar surface area (TPSA) is 49.6 Å². The van der Waals surface area contributed by atoms with Gasteiger partial charge in [0.1, 0.15) is 0 Å². The first-order chi connectivity index (χ1) is 7.00. The Morgan fingerprint density at radius 3 is 2.60 bits per heavy atom. The predicted molar refractivity (Wildman–Crippen MR) is 61.0 cm³/mol. The molecule has 0 bridgehead atoms. The lowest BCUT2D eigenvalue weighted by Crippen LogP contribution is -2.42. The van der Waals surface area contributed by atoms with Crippen molar-refractivity contribution in [3.05, 3.63) is 0 Å². The molecule has 0 aromatic rings. The van der Waals surface area contributed by atoms with Crippen molar-refractivity contribution >= 4 is 5.91 Å². The van der Waals surface area contributed by atoms with E-state index in [0.29, 0.717) is 12.3 Å². The number of hydrogen-bond acceptors (Lipinski definition) is 3. The summed E-state index contributed by atoms with van der Waals surface area (Å²) in [7, 11) is 0. The maximum absolute atomic E-state index is 11.6. The molecule has 1 amide bonds. The summed E-state index contributed by atoms with van der Waals surface area (Å²) in [5.74, 6) is 0.838. The third-order valence-corrected chi connectivity index (χ3v) is 2.59. The highest BCUT2D eigenvalue weighted by atomic mass is 16.2. The smallest absolute Gasteiger partial charge is 0.238 e. The first kappa shape index (κ1) is 12.5. The summed E-state index contributed by atoms with van der Waals surface area (Å²) >= 11 is 0. The zero-order chi connectivity index (χ0) is 11.4. The number of carbonyl (C=O) groups is 1. The van der Waals surface area contributed by atoms with E-state index in [9.17, 15) is 4.79 Å². The van der Waals surface area contributed by atoms with E-state index < -0.39 is 0 Å². The summed E-state index contributed by atoms with van der Waals surface area (Å²) in [4.78, 5) is 11.6. The Balaban J connectivity index is 2.45. The number of amides is 1. The molecule has 15 heavy (non-hydrogen) atoms. The van der Waals surface area contributed by atoms with Gasteiger partial charge in [0.15, 0.2) is 0 Å². The molecule has 1 saturated heterocycles. The van der Waals surface area contributed by atoms with Crippen LogP contribution in [0, 0.1) is 5.92 Å². The maximum Gasteiger partial charge on any atom is 0.238 e. The minimum Gasteiger partial charge on any atom is -0.328 e. The molecular formula is C11H23N3O. The average Bonchev–Trinajstić information content (AvgIpc) is 2.43. The maximum atomic E-state index is 11.6. The van der Waals surface area contributed by atoms with Gasteiger partial charge in [-0.25, -0.2) is 5.01 Å². The quantitative estimate of drug-likeness (QED) is 0.736. The predicted octanol–water partition coefficient (Wildman–Crippen LogP) is 0.829. The fourth-order valence-corrected chi connectivity index (χ4v) is 1.84. The first-order valence-corrected chi connectivity index (χ1v) is 5.81. The van der Waals surface area contributed by atoms with Gasteiger partial charge in [-0.15, -0.1) is 0 Å². The molecule has 4 nitrogen and oxygen atoms in total. The number of hydrogen-bond donors (Lipinski definition) is 1. The SMILES string of the molecule is CC(C)CN1CCC(=O)N1CCC(C)N. The van der Waals surface area contributed by atoms with Crippen molar-refractivity contribution in [2.75, 3.05) is 19.6 Å². The van der Waals surface area contributed by atoms with Crippen molar-refractivity contribution in [2.45, 2.75) is 39.7 Å². The Kier molecular flexibility index (Phi) is 4.54. The van der Waals surface area contributed by atoms with Gasteiger partial charge in [-0.05, 0) is 19.3 Å². The van der Waals surface area contributed by atoms with Crippen LogP contribution in [0.15, 0.2) is 0 Å². The largest absolute Gasteiger partial charge is 0.328 e. The van der Waals surface area contributed by atoms with Crippen LogP contribution >= 0.6 is 0 Å². The molecule has 1 rings (SSSR count). The lowest BCUT2D eigenvalue weighted by molar-refractivity contribution is -0.138. The van der Waals surface area contributed by atoms with E-state index in [0.717, 1.165) is 26.1 Å². The molecule has 1 aliphatic rings. The lowest BCUT2D eigenvalue weighted by Gasteiger charge is -2.29. The molecule has 0 radical (unpaired) electrons. The van der Waals surface area contributed by atoms with E-state index in [1.54, 1.807) is 0 Å². The molecule has 0 aliphatic carbocycles. The Morgan fingerprint density at radius 1 is 1.40 bits per heavy atom. The van der Waals surface area contributed by atoms with E-state index in [1.165, 1.54) is 0 Å². The summed E-state index contributed by atoms with van der Waals surface area (Å²) in [6.45, 7) is 8.93. The molecule has 1 fully saturated rings. The van der Waals surface area contributed by atoms with Crippen LogP contribution in [0.3, 0.4) is 0 Å². The summed E-state index contributed by atoms with van der Waals surface area (Å²) in [6.07, 6.45) is 1.53. The number of rotatable bonds is 5. The van der Waals surface area contributed by atoms with Crippen LogP contribution in [0.5, 0.6) is 0 Å². The Hall–Kier alpha value is -0.610. The Labute approximate surface area is 92.4 Å². The molecule has 88 valence electrons. The van der Waals surface area contributed by atoms with Crippen LogP contribution in [0.25, 0.3) is 0 Å². The van der Waals surface area contributed by atoms with Crippen molar-refractivity contribution in [3.63, 3.8) is 0 Å². The summed E-state index contributed by atoms with van der Waals surface area (Å²) in [5, 5.41) is 4.04. The second-order valence-electron chi connectivity index (χ2n) is 4.84. The van der Waals surface area contributed by atoms with Crippen LogP contribution in [-0.4, -0.2) is 41.6 Å². The molecule has 1 heterocycles. The van der Waals surface area contributed by atoms with Gasteiger partial charge in [0, 0.05) is 32.1 Å². The van der Waals surface area contributed by atoms with Crippen LogP contribution in [0.4, 0.5) is 0 Å². The third kappa shape index (κ3) is 3.80.